The van der Waals surface area contributed by atoms with Crippen LogP contribution in [0.3, 0.4) is 0 Å². The first-order chi connectivity index (χ1) is 24.0. The zero-order chi connectivity index (χ0) is 35.5. The smallest absolute Gasteiger partial charge is 0.407 e. The topological polar surface area (TPSA) is 120 Å². The molecule has 0 radical (unpaired) electrons. The Balaban J connectivity index is 0.00000252. The molecule has 4 heterocycles. The molecule has 0 spiro atoms. The van der Waals surface area contributed by atoms with E-state index < -0.39 is 12.1 Å². The van der Waals surface area contributed by atoms with Crippen molar-refractivity contribution in [2.45, 2.75) is 84.8 Å². The summed E-state index contributed by atoms with van der Waals surface area (Å²) < 4.78 is 4.75. The van der Waals surface area contributed by atoms with Gasteiger partial charge < -0.3 is 24.8 Å². The molecule has 2 fully saturated rings. The largest absolute Gasteiger partial charge is 0.453 e. The Hall–Kier alpha value is -3.51. The van der Waals surface area contributed by atoms with Crippen LogP contribution in [0.15, 0.2) is 53.7 Å². The van der Waals surface area contributed by atoms with Crippen LogP contribution in [0, 0.1) is 29.6 Å². The van der Waals surface area contributed by atoms with Gasteiger partial charge in [0.1, 0.15) is 11.9 Å². The lowest BCUT2D eigenvalue weighted by molar-refractivity contribution is -0.136. The average Bonchev–Trinajstić information content (AvgIpc) is 3.94. The van der Waals surface area contributed by atoms with Crippen LogP contribution < -0.4 is 5.32 Å². The van der Waals surface area contributed by atoms with Crippen molar-refractivity contribution in [1.82, 2.24) is 25.1 Å². The van der Waals surface area contributed by atoms with E-state index in [0.717, 1.165) is 83.5 Å². The first-order valence-electron chi connectivity index (χ1n) is 17.9. The number of carbonyl (C=O) groups excluding carboxylic acids is 3. The zero-order valence-electron chi connectivity index (χ0n) is 32.0. The van der Waals surface area contributed by atoms with Crippen LogP contribution in [0.2, 0.25) is 0 Å². The minimum atomic E-state index is -0.678. The highest BCUT2D eigenvalue weighted by Crippen LogP contribution is 2.34. The predicted octanol–water partition coefficient (Wildman–Crippen LogP) is 6.93. The number of benzene rings is 2. The molecular formula is C40H56N6O4S4. The van der Waals surface area contributed by atoms with E-state index in [1.54, 1.807) is 0 Å². The van der Waals surface area contributed by atoms with Crippen molar-refractivity contribution in [1.29, 1.82) is 0 Å². The molecule has 2 N–H and O–H groups in total. The van der Waals surface area contributed by atoms with Crippen LogP contribution in [0.4, 0.5) is 4.79 Å². The third-order valence-corrected chi connectivity index (χ3v) is 10.4. The van der Waals surface area contributed by atoms with E-state index in [1.807, 2.05) is 62.2 Å². The van der Waals surface area contributed by atoms with E-state index in [4.69, 9.17) is 14.7 Å². The Kier molecular flexibility index (Phi) is 17.6. The first kappa shape index (κ1) is 46.6. The highest BCUT2D eigenvalue weighted by molar-refractivity contribution is 7.59. The molecular weight excluding hydrogens is 757 g/mol. The predicted molar refractivity (Wildman–Crippen MR) is 237 cm³/mol. The van der Waals surface area contributed by atoms with Crippen molar-refractivity contribution in [3.8, 4) is 11.8 Å². The van der Waals surface area contributed by atoms with E-state index >= 15 is 0 Å². The molecule has 10 nitrogen and oxygen atoms in total. The second-order valence-corrected chi connectivity index (χ2v) is 14.4. The fourth-order valence-corrected chi connectivity index (χ4v) is 7.12. The van der Waals surface area contributed by atoms with Gasteiger partial charge in [-0.05, 0) is 79.0 Å². The zero-order valence-corrected chi connectivity index (χ0v) is 36.0. The van der Waals surface area contributed by atoms with Gasteiger partial charge in [0, 0.05) is 48.5 Å². The number of alkyl carbamates (subject to hydrolysis) is 1. The Morgan fingerprint density at radius 3 is 2.07 bits per heavy atom. The van der Waals surface area contributed by atoms with Gasteiger partial charge in [-0.1, -0.05) is 58.6 Å². The third kappa shape index (κ3) is 10.2. The molecule has 2 saturated heterocycles. The monoisotopic (exact) mass is 812 g/mol. The summed E-state index contributed by atoms with van der Waals surface area (Å²) in [5.41, 5.74) is 6.82. The van der Waals surface area contributed by atoms with Crippen molar-refractivity contribution in [3.05, 3.63) is 71.2 Å². The van der Waals surface area contributed by atoms with E-state index in [2.05, 4.69) is 53.0 Å². The van der Waals surface area contributed by atoms with Gasteiger partial charge in [0.2, 0.25) is 11.8 Å². The van der Waals surface area contributed by atoms with Crippen LogP contribution in [0.5, 0.6) is 0 Å². The molecule has 14 heteroatoms. The number of likely N-dealkylation sites (tertiary alicyclic amines) is 2. The minimum absolute atomic E-state index is 0. The summed E-state index contributed by atoms with van der Waals surface area (Å²) in [6, 6.07) is 13.4. The van der Waals surface area contributed by atoms with Crippen molar-refractivity contribution >= 4 is 94.2 Å². The maximum Gasteiger partial charge on any atom is 0.407 e. The average molecular weight is 813 g/mol. The second-order valence-electron chi connectivity index (χ2n) is 14.4. The first-order valence-corrected chi connectivity index (χ1v) is 17.9. The number of aromatic nitrogens is 2. The number of rotatable bonds is 8. The van der Waals surface area contributed by atoms with Crippen LogP contribution in [-0.2, 0) is 14.3 Å². The maximum atomic E-state index is 13.5. The Bertz CT molecular complexity index is 1900. The lowest BCUT2D eigenvalue weighted by atomic mass is 9.94. The van der Waals surface area contributed by atoms with Gasteiger partial charge in [-0.2, -0.15) is 54.0 Å². The molecule has 294 valence electrons. The number of methoxy groups -OCH3 is 1. The number of hydrogen-bond donors (Lipinski definition) is 2. The van der Waals surface area contributed by atoms with Crippen LogP contribution in [0.1, 0.15) is 95.3 Å². The molecule has 1 aromatic heterocycles. The molecule has 3 aliphatic heterocycles. The van der Waals surface area contributed by atoms with E-state index in [0.29, 0.717) is 12.5 Å². The summed E-state index contributed by atoms with van der Waals surface area (Å²) in [5.74, 6) is 7.66. The standard InChI is InChI=1S/C40H48N6O4.4H2S/c1-24(2)26(5)38(47)45-19-7-9-34(45)33-22-30(23-41-33)29-16-13-27(14-17-29)11-12-28-15-18-31-32(21-28)43-37(42-31)35-10-8-20-46(35)39(48)36(25(3)4)44-40(49)50-6;;;;/h13-18,21,23-26,34-36H,7-10,19-20,22H2,1-6H3,(H,42,43)(H,44,49);4*1H2/t26-,34-,35-,36-;;;;/m0..../s1. The van der Waals surface area contributed by atoms with Gasteiger partial charge in [0.15, 0.2) is 0 Å². The van der Waals surface area contributed by atoms with Crippen molar-refractivity contribution < 1.29 is 19.1 Å². The van der Waals surface area contributed by atoms with Gasteiger partial charge in [-0.3, -0.25) is 14.6 Å². The summed E-state index contributed by atoms with van der Waals surface area (Å²) in [6.07, 6.45) is 5.75. The molecule has 3 amide bonds. The molecule has 3 aromatic rings. The van der Waals surface area contributed by atoms with Crippen molar-refractivity contribution in [3.63, 3.8) is 0 Å². The highest BCUT2D eigenvalue weighted by atomic mass is 32.1. The van der Waals surface area contributed by atoms with Crippen LogP contribution in [-0.4, -0.2) is 75.7 Å². The molecule has 0 unspecified atom stereocenters. The van der Waals surface area contributed by atoms with Gasteiger partial charge in [0.25, 0.3) is 0 Å². The number of allylic oxidation sites excluding steroid dienone is 1. The fraction of sp³-hybridized carbons (Fsp3) is 0.475. The normalized spacial score (nSPS) is 18.6. The van der Waals surface area contributed by atoms with Crippen molar-refractivity contribution in [2.24, 2.45) is 22.7 Å². The summed E-state index contributed by atoms with van der Waals surface area (Å²) in [6.45, 7) is 11.5. The number of hydrogen-bond acceptors (Lipinski definition) is 6. The lowest BCUT2D eigenvalue weighted by Crippen LogP contribution is -2.51. The lowest BCUT2D eigenvalue weighted by Gasteiger charge is -2.29. The number of aromatic amines is 1. The molecule has 4 atom stereocenters. The second kappa shape index (κ2) is 20.4. The number of amides is 3. The number of carbonyl (C=O) groups is 3. The van der Waals surface area contributed by atoms with Crippen molar-refractivity contribution in [2.75, 3.05) is 20.2 Å². The minimum Gasteiger partial charge on any atom is -0.453 e. The number of H-pyrrole nitrogens is 1. The Labute approximate surface area is 347 Å². The molecule has 3 aliphatic rings. The number of imidazole rings is 1. The molecule has 2 aromatic carbocycles. The Morgan fingerprint density at radius 1 is 0.833 bits per heavy atom. The molecule has 0 aliphatic carbocycles. The third-order valence-electron chi connectivity index (χ3n) is 10.4. The number of fused-ring (bicyclic) bond motifs is 1. The number of ether oxygens (including phenoxy) is 1. The highest BCUT2D eigenvalue weighted by Gasteiger charge is 2.38. The van der Waals surface area contributed by atoms with E-state index in [-0.39, 0.29) is 89.7 Å². The van der Waals surface area contributed by atoms with Gasteiger partial charge in [0.05, 0.1) is 30.2 Å². The van der Waals surface area contributed by atoms with Gasteiger partial charge in [-0.25, -0.2) is 9.78 Å². The SMILES string of the molecule is COC(=O)N[C@H](C(=O)N1CCC[C@H]1c1nc2ccc(C#Cc3ccc(C4=CN=C([C@@H]5CCCN5C(=O)[C@@H](C)C(C)C)C4)cc3)cc2[nH]1)C(C)C.S.S.S.S. The molecule has 0 bridgehead atoms. The fourth-order valence-electron chi connectivity index (χ4n) is 7.12. The molecule has 54 heavy (non-hydrogen) atoms. The Morgan fingerprint density at radius 2 is 1.44 bits per heavy atom. The maximum absolute atomic E-state index is 13.5. The van der Waals surface area contributed by atoms with Gasteiger partial charge in [-0.15, -0.1) is 0 Å². The van der Waals surface area contributed by atoms with Crippen LogP contribution >= 0.6 is 54.0 Å². The quantitative estimate of drug-likeness (QED) is 0.240. The summed E-state index contributed by atoms with van der Waals surface area (Å²) in [5, 5.41) is 2.70. The molecule has 6 rings (SSSR count). The van der Waals surface area contributed by atoms with Crippen LogP contribution in [0.25, 0.3) is 16.6 Å². The number of nitrogens with one attached hydrogen (secondary N) is 2. The summed E-state index contributed by atoms with van der Waals surface area (Å²) in [4.78, 5) is 55.5. The van der Waals surface area contributed by atoms with Gasteiger partial charge >= 0.3 is 6.09 Å². The summed E-state index contributed by atoms with van der Waals surface area (Å²) >= 11 is 0. The van der Waals surface area contributed by atoms with E-state index in [9.17, 15) is 14.4 Å². The molecule has 0 saturated carbocycles. The number of nitrogens with zero attached hydrogens (tertiary/aromatic N) is 4. The summed E-state index contributed by atoms with van der Waals surface area (Å²) in [7, 11) is 1.29. The number of aliphatic imine (C=N–C) groups is 1. The van der Waals surface area contributed by atoms with E-state index in [1.165, 1.54) is 7.11 Å².